The summed E-state index contributed by atoms with van der Waals surface area (Å²) in [5.41, 5.74) is 0.281. The summed E-state index contributed by atoms with van der Waals surface area (Å²) in [6.45, 7) is 3.55. The van der Waals surface area contributed by atoms with E-state index in [1.807, 2.05) is 0 Å². The molecule has 0 saturated heterocycles. The van der Waals surface area contributed by atoms with Crippen LogP contribution < -0.4 is 23.7 Å². The lowest BCUT2D eigenvalue weighted by atomic mass is 9.93. The van der Waals surface area contributed by atoms with E-state index >= 15 is 0 Å². The second-order valence-electron chi connectivity index (χ2n) is 8.05. The Labute approximate surface area is 190 Å². The Kier molecular flexibility index (Phi) is 5.49. The second kappa shape index (κ2) is 8.16. The maximum atomic E-state index is 13.5. The fourth-order valence-electron chi connectivity index (χ4n) is 3.82. The Bertz CT molecular complexity index is 1230. The first-order valence-electron chi connectivity index (χ1n) is 10.1. The molecule has 9 heteroatoms. The van der Waals surface area contributed by atoms with E-state index in [1.165, 1.54) is 27.4 Å². The summed E-state index contributed by atoms with van der Waals surface area (Å²) in [5.74, 6) is 1.34. The summed E-state index contributed by atoms with van der Waals surface area (Å²) in [6.07, 6.45) is 5.11. The molecule has 0 aliphatic carbocycles. The number of nitrogens with zero attached hydrogens (tertiary/aromatic N) is 1. The fraction of sp³-hybridized carbons (Fsp3) is 0.292. The third kappa shape index (κ3) is 3.86. The van der Waals surface area contributed by atoms with Crippen molar-refractivity contribution in [3.63, 3.8) is 0 Å². The molecule has 33 heavy (non-hydrogen) atoms. The summed E-state index contributed by atoms with van der Waals surface area (Å²) in [7, 11) is 4.44. The summed E-state index contributed by atoms with van der Waals surface area (Å²) < 4.78 is 27.7. The van der Waals surface area contributed by atoms with E-state index in [-0.39, 0.29) is 29.4 Å². The van der Waals surface area contributed by atoms with Crippen LogP contribution in [-0.2, 0) is 0 Å². The van der Waals surface area contributed by atoms with Gasteiger partial charge in [-0.2, -0.15) is 0 Å². The van der Waals surface area contributed by atoms with Crippen LogP contribution in [0.25, 0.3) is 12.2 Å². The minimum absolute atomic E-state index is 0.0191. The highest BCUT2D eigenvalue weighted by molar-refractivity contribution is 6.14. The van der Waals surface area contributed by atoms with Gasteiger partial charge in [0.25, 0.3) is 0 Å². The standard InChI is InChI=1S/C24H23NO8/c1-24(2)7-6-15-22(31-5)16(10-17(25(27)28)23(15)33-24)21(26)14-8-13-9-19(29-3)20(30-4)11-18(13)32-12-14/h6-11H,12H2,1-5H3. The van der Waals surface area contributed by atoms with Gasteiger partial charge in [0.05, 0.1) is 37.4 Å². The first-order chi connectivity index (χ1) is 15.7. The van der Waals surface area contributed by atoms with E-state index in [9.17, 15) is 14.9 Å². The molecular weight excluding hydrogens is 430 g/mol. The van der Waals surface area contributed by atoms with Crippen molar-refractivity contribution in [2.45, 2.75) is 19.4 Å². The number of carbonyl (C=O) groups is 1. The number of fused-ring (bicyclic) bond motifs is 2. The highest BCUT2D eigenvalue weighted by Gasteiger charge is 2.35. The third-order valence-electron chi connectivity index (χ3n) is 5.43. The van der Waals surface area contributed by atoms with Crippen molar-refractivity contribution in [2.75, 3.05) is 27.9 Å². The number of ketones is 1. The van der Waals surface area contributed by atoms with Crippen molar-refractivity contribution in [1.82, 2.24) is 0 Å². The molecule has 2 aliphatic rings. The smallest absolute Gasteiger partial charge is 0.312 e. The molecular formula is C24H23NO8. The zero-order valence-corrected chi connectivity index (χ0v) is 18.9. The largest absolute Gasteiger partial charge is 0.495 e. The lowest BCUT2D eigenvalue weighted by Crippen LogP contribution is -2.28. The van der Waals surface area contributed by atoms with Crippen molar-refractivity contribution in [3.8, 4) is 28.7 Å². The quantitative estimate of drug-likeness (QED) is 0.358. The number of benzene rings is 2. The molecule has 0 amide bonds. The Morgan fingerprint density at radius 1 is 1.09 bits per heavy atom. The molecule has 2 aromatic carbocycles. The van der Waals surface area contributed by atoms with Crippen molar-refractivity contribution in [3.05, 3.63) is 56.7 Å². The lowest BCUT2D eigenvalue weighted by Gasteiger charge is -2.29. The summed E-state index contributed by atoms with van der Waals surface area (Å²) in [5, 5.41) is 11.8. The maximum absolute atomic E-state index is 13.5. The van der Waals surface area contributed by atoms with Gasteiger partial charge in [-0.15, -0.1) is 0 Å². The van der Waals surface area contributed by atoms with Gasteiger partial charge in [0, 0.05) is 23.3 Å². The number of rotatable bonds is 6. The molecule has 2 aliphatic heterocycles. The molecule has 0 unspecified atom stereocenters. The number of nitro benzene ring substituents is 1. The number of hydrogen-bond acceptors (Lipinski definition) is 8. The molecule has 0 fully saturated rings. The number of methoxy groups -OCH3 is 3. The molecule has 2 heterocycles. The normalized spacial score (nSPS) is 15.2. The molecule has 0 radical (unpaired) electrons. The van der Waals surface area contributed by atoms with Crippen molar-refractivity contribution < 1.29 is 33.4 Å². The fourth-order valence-corrected chi connectivity index (χ4v) is 3.82. The monoisotopic (exact) mass is 453 g/mol. The van der Waals surface area contributed by atoms with Gasteiger partial charge in [0.15, 0.2) is 17.3 Å². The van der Waals surface area contributed by atoms with Gasteiger partial charge in [0.1, 0.15) is 23.7 Å². The van der Waals surface area contributed by atoms with E-state index in [4.69, 9.17) is 23.7 Å². The number of nitro groups is 1. The second-order valence-corrected chi connectivity index (χ2v) is 8.05. The van der Waals surface area contributed by atoms with E-state index in [1.54, 1.807) is 44.2 Å². The summed E-state index contributed by atoms with van der Waals surface area (Å²) in [6, 6.07) is 4.58. The van der Waals surface area contributed by atoms with Crippen LogP contribution >= 0.6 is 0 Å². The highest BCUT2D eigenvalue weighted by Crippen LogP contribution is 2.46. The first kappa shape index (κ1) is 22.2. The third-order valence-corrected chi connectivity index (χ3v) is 5.43. The minimum Gasteiger partial charge on any atom is -0.495 e. The van der Waals surface area contributed by atoms with Crippen LogP contribution in [0.15, 0.2) is 29.8 Å². The van der Waals surface area contributed by atoms with Crippen LogP contribution in [0.5, 0.6) is 28.7 Å². The predicted molar refractivity (Wildman–Crippen MR) is 121 cm³/mol. The molecule has 4 rings (SSSR count). The van der Waals surface area contributed by atoms with Gasteiger partial charge < -0.3 is 23.7 Å². The molecule has 0 atom stereocenters. The Morgan fingerprint density at radius 2 is 1.79 bits per heavy atom. The molecule has 0 aromatic heterocycles. The number of Topliss-reactive ketones (excluding diaryl/α,β-unsaturated/α-hetero) is 1. The zero-order chi connectivity index (χ0) is 23.9. The Morgan fingerprint density at radius 3 is 2.42 bits per heavy atom. The van der Waals surface area contributed by atoms with E-state index in [2.05, 4.69) is 0 Å². The average molecular weight is 453 g/mol. The van der Waals surface area contributed by atoms with Crippen molar-refractivity contribution in [2.24, 2.45) is 0 Å². The molecule has 9 nitrogen and oxygen atoms in total. The van der Waals surface area contributed by atoms with Crippen LogP contribution in [0.2, 0.25) is 0 Å². The molecule has 0 saturated carbocycles. The summed E-state index contributed by atoms with van der Waals surface area (Å²) >= 11 is 0. The molecule has 172 valence electrons. The minimum atomic E-state index is -0.738. The van der Waals surface area contributed by atoms with Crippen LogP contribution in [0.3, 0.4) is 0 Å². The van der Waals surface area contributed by atoms with Gasteiger partial charge >= 0.3 is 5.69 Å². The average Bonchev–Trinajstić information content (AvgIpc) is 2.80. The van der Waals surface area contributed by atoms with E-state index in [0.717, 1.165) is 0 Å². The van der Waals surface area contributed by atoms with Gasteiger partial charge in [-0.05, 0) is 38.1 Å². The van der Waals surface area contributed by atoms with Crippen molar-refractivity contribution >= 4 is 23.6 Å². The highest BCUT2D eigenvalue weighted by atomic mass is 16.6. The summed E-state index contributed by atoms with van der Waals surface area (Å²) in [4.78, 5) is 24.7. The predicted octanol–water partition coefficient (Wildman–Crippen LogP) is 4.46. The molecule has 0 N–H and O–H groups in total. The van der Waals surface area contributed by atoms with Crippen LogP contribution in [0.1, 0.15) is 35.3 Å². The van der Waals surface area contributed by atoms with Crippen LogP contribution in [0, 0.1) is 10.1 Å². The van der Waals surface area contributed by atoms with Gasteiger partial charge in [-0.25, -0.2) is 0 Å². The maximum Gasteiger partial charge on any atom is 0.312 e. The van der Waals surface area contributed by atoms with Gasteiger partial charge in [-0.1, -0.05) is 0 Å². The van der Waals surface area contributed by atoms with Gasteiger partial charge in [0.2, 0.25) is 5.75 Å². The van der Waals surface area contributed by atoms with E-state index < -0.39 is 16.3 Å². The Balaban J connectivity index is 1.83. The number of hydrogen-bond donors (Lipinski definition) is 0. The van der Waals surface area contributed by atoms with Crippen LogP contribution in [-0.4, -0.2) is 44.2 Å². The van der Waals surface area contributed by atoms with E-state index in [0.29, 0.717) is 33.9 Å². The first-order valence-corrected chi connectivity index (χ1v) is 10.1. The topological polar surface area (TPSA) is 106 Å². The van der Waals surface area contributed by atoms with Crippen molar-refractivity contribution in [1.29, 1.82) is 0 Å². The van der Waals surface area contributed by atoms with Crippen LogP contribution in [0.4, 0.5) is 5.69 Å². The molecule has 2 aromatic rings. The molecule has 0 spiro atoms. The zero-order valence-electron chi connectivity index (χ0n) is 18.9. The Hall–Kier alpha value is -4.01. The number of ether oxygens (including phenoxy) is 5. The SMILES string of the molecule is COc1cc2c(cc1OC)OCC(C(=O)c1cc([N+](=O)[O-])c3c(c1OC)C=CC(C)(C)O3)=C2. The van der Waals surface area contributed by atoms with Gasteiger partial charge in [-0.3, -0.25) is 14.9 Å². The molecule has 0 bridgehead atoms. The lowest BCUT2D eigenvalue weighted by molar-refractivity contribution is -0.386. The number of carbonyl (C=O) groups excluding carboxylic acids is 1.